The maximum absolute atomic E-state index is 10.8. The van der Waals surface area contributed by atoms with Crippen LogP contribution in [0, 0.1) is 0 Å². The van der Waals surface area contributed by atoms with Crippen LogP contribution in [0.15, 0.2) is 30.3 Å². The number of benzene rings is 1. The molecule has 0 aromatic heterocycles. The molecule has 0 unspecified atom stereocenters. The lowest BCUT2D eigenvalue weighted by atomic mass is 10.1. The predicted molar refractivity (Wildman–Crippen MR) is 45.5 cm³/mol. The van der Waals surface area contributed by atoms with Crippen molar-refractivity contribution >= 4 is 12.4 Å². The van der Waals surface area contributed by atoms with Crippen LogP contribution in [0.5, 0.6) is 0 Å². The van der Waals surface area contributed by atoms with Gasteiger partial charge >= 0.3 is 0 Å². The quantitative estimate of drug-likeness (QED) is 0.679. The van der Waals surface area contributed by atoms with Crippen LogP contribution in [-0.2, 0) is 14.3 Å². The summed E-state index contributed by atoms with van der Waals surface area (Å²) in [7, 11) is 0. The smallest absolute Gasteiger partial charge is 0.294 e. The van der Waals surface area contributed by atoms with E-state index < -0.39 is 12.0 Å². The number of hydrogen-bond donors (Lipinski definition) is 1. The third-order valence-electron chi connectivity index (χ3n) is 1.55. The van der Waals surface area contributed by atoms with E-state index in [-0.39, 0.29) is 6.47 Å². The molecule has 13 heavy (non-hydrogen) atoms. The van der Waals surface area contributed by atoms with Crippen molar-refractivity contribution in [3.8, 4) is 0 Å². The van der Waals surface area contributed by atoms with Gasteiger partial charge in [-0.25, -0.2) is 0 Å². The van der Waals surface area contributed by atoms with Crippen molar-refractivity contribution in [2.75, 3.05) is 0 Å². The van der Waals surface area contributed by atoms with Gasteiger partial charge in [-0.05, 0) is 0 Å². The normalized spacial score (nSPS) is 11.7. The van der Waals surface area contributed by atoms with Gasteiger partial charge in [-0.15, -0.1) is 0 Å². The fourth-order valence-electron chi connectivity index (χ4n) is 0.993. The van der Waals surface area contributed by atoms with Crippen molar-refractivity contribution < 1.29 is 14.3 Å². The van der Waals surface area contributed by atoms with Crippen molar-refractivity contribution in [2.24, 2.45) is 5.73 Å². The first-order valence-electron chi connectivity index (χ1n) is 3.69. The van der Waals surface area contributed by atoms with Gasteiger partial charge in [-0.2, -0.15) is 0 Å². The number of rotatable bonds is 4. The van der Waals surface area contributed by atoms with E-state index in [2.05, 4.69) is 4.74 Å². The van der Waals surface area contributed by atoms with Crippen LogP contribution in [0.3, 0.4) is 0 Å². The van der Waals surface area contributed by atoms with Crippen molar-refractivity contribution in [2.45, 2.75) is 6.10 Å². The maximum Gasteiger partial charge on any atom is 0.294 e. The van der Waals surface area contributed by atoms with Gasteiger partial charge in [0, 0.05) is 5.56 Å². The Morgan fingerprint density at radius 1 is 1.38 bits per heavy atom. The molecule has 1 rings (SSSR count). The van der Waals surface area contributed by atoms with Crippen LogP contribution in [-0.4, -0.2) is 12.4 Å². The SMILES string of the molecule is NC(=O)[C@H](OC=O)c1ccccc1. The maximum atomic E-state index is 10.8. The molecular formula is C9H9NO3. The zero-order chi connectivity index (χ0) is 9.68. The average Bonchev–Trinajstić information content (AvgIpc) is 2.15. The highest BCUT2D eigenvalue weighted by Crippen LogP contribution is 2.14. The first-order chi connectivity index (χ1) is 6.25. The van der Waals surface area contributed by atoms with Gasteiger partial charge < -0.3 is 10.5 Å². The van der Waals surface area contributed by atoms with Gasteiger partial charge in [0.1, 0.15) is 0 Å². The summed E-state index contributed by atoms with van der Waals surface area (Å²) >= 11 is 0. The fourth-order valence-corrected chi connectivity index (χ4v) is 0.993. The Kier molecular flexibility index (Phi) is 3.03. The predicted octanol–water partition coefficient (Wildman–Crippen LogP) is 0.386. The van der Waals surface area contributed by atoms with Crippen LogP contribution >= 0.6 is 0 Å². The van der Waals surface area contributed by atoms with Crippen LogP contribution < -0.4 is 5.73 Å². The lowest BCUT2D eigenvalue weighted by Gasteiger charge is -2.10. The monoisotopic (exact) mass is 179 g/mol. The third-order valence-corrected chi connectivity index (χ3v) is 1.55. The van der Waals surface area contributed by atoms with Gasteiger partial charge in [-0.3, -0.25) is 9.59 Å². The van der Waals surface area contributed by atoms with E-state index in [9.17, 15) is 9.59 Å². The topological polar surface area (TPSA) is 69.4 Å². The summed E-state index contributed by atoms with van der Waals surface area (Å²) in [5, 5.41) is 0. The molecule has 1 amide bonds. The summed E-state index contributed by atoms with van der Waals surface area (Å²) < 4.78 is 4.53. The summed E-state index contributed by atoms with van der Waals surface area (Å²) in [6.45, 7) is 0.211. The van der Waals surface area contributed by atoms with Crippen LogP contribution in [0.2, 0.25) is 0 Å². The zero-order valence-corrected chi connectivity index (χ0v) is 6.84. The molecule has 0 heterocycles. The third kappa shape index (κ3) is 2.30. The molecule has 2 N–H and O–H groups in total. The number of hydrogen-bond acceptors (Lipinski definition) is 3. The number of nitrogens with two attached hydrogens (primary N) is 1. The summed E-state index contributed by atoms with van der Waals surface area (Å²) in [4.78, 5) is 20.9. The van der Waals surface area contributed by atoms with Crippen LogP contribution in [0.1, 0.15) is 11.7 Å². The fraction of sp³-hybridized carbons (Fsp3) is 0.111. The van der Waals surface area contributed by atoms with Crippen molar-refractivity contribution in [1.29, 1.82) is 0 Å². The van der Waals surface area contributed by atoms with Crippen molar-refractivity contribution in [1.82, 2.24) is 0 Å². The van der Waals surface area contributed by atoms with E-state index in [1.165, 1.54) is 0 Å². The Morgan fingerprint density at radius 2 is 2.00 bits per heavy atom. The molecule has 1 aromatic carbocycles. The van der Waals surface area contributed by atoms with E-state index in [0.717, 1.165) is 0 Å². The highest BCUT2D eigenvalue weighted by atomic mass is 16.5. The molecule has 68 valence electrons. The average molecular weight is 179 g/mol. The van der Waals surface area contributed by atoms with Crippen molar-refractivity contribution in [3.05, 3.63) is 35.9 Å². The largest absolute Gasteiger partial charge is 0.449 e. The number of primary amides is 1. The van der Waals surface area contributed by atoms with E-state index in [1.54, 1.807) is 30.3 Å². The Hall–Kier alpha value is -1.84. The second-order valence-electron chi connectivity index (χ2n) is 2.43. The summed E-state index contributed by atoms with van der Waals surface area (Å²) in [6.07, 6.45) is -0.987. The molecule has 1 aromatic rings. The highest BCUT2D eigenvalue weighted by molar-refractivity contribution is 5.81. The summed E-state index contributed by atoms with van der Waals surface area (Å²) in [5.41, 5.74) is 5.60. The number of ether oxygens (including phenoxy) is 1. The summed E-state index contributed by atoms with van der Waals surface area (Å²) in [5.74, 6) is -0.682. The van der Waals surface area contributed by atoms with E-state index in [1.807, 2.05) is 0 Å². The van der Waals surface area contributed by atoms with Gasteiger partial charge in [-0.1, -0.05) is 30.3 Å². The van der Waals surface area contributed by atoms with Crippen LogP contribution in [0.4, 0.5) is 0 Å². The minimum Gasteiger partial charge on any atom is -0.449 e. The lowest BCUT2D eigenvalue weighted by molar-refractivity contribution is -0.143. The van der Waals surface area contributed by atoms with Crippen LogP contribution in [0.25, 0.3) is 0 Å². The molecule has 1 atom stereocenters. The molecule has 0 aliphatic heterocycles. The highest BCUT2D eigenvalue weighted by Gasteiger charge is 2.17. The van der Waals surface area contributed by atoms with Gasteiger partial charge in [0.25, 0.3) is 12.4 Å². The minimum absolute atomic E-state index is 0.211. The second-order valence-corrected chi connectivity index (χ2v) is 2.43. The Morgan fingerprint density at radius 3 is 2.46 bits per heavy atom. The molecule has 0 aliphatic carbocycles. The molecule has 0 saturated carbocycles. The van der Waals surface area contributed by atoms with Gasteiger partial charge in [0.2, 0.25) is 6.10 Å². The van der Waals surface area contributed by atoms with E-state index in [4.69, 9.17) is 5.73 Å². The molecule has 4 heteroatoms. The van der Waals surface area contributed by atoms with Gasteiger partial charge in [0.05, 0.1) is 0 Å². The lowest BCUT2D eigenvalue weighted by Crippen LogP contribution is -2.23. The van der Waals surface area contributed by atoms with Gasteiger partial charge in [0.15, 0.2) is 0 Å². The molecular weight excluding hydrogens is 170 g/mol. The first kappa shape index (κ1) is 9.25. The molecule has 0 radical (unpaired) electrons. The summed E-state index contributed by atoms with van der Waals surface area (Å²) in [6, 6.07) is 8.60. The molecule has 0 spiro atoms. The number of amides is 1. The molecule has 0 fully saturated rings. The molecule has 0 aliphatic rings. The standard InChI is InChI=1S/C9H9NO3/c10-9(12)8(13-6-11)7-4-2-1-3-5-7/h1-6,8H,(H2,10,12)/t8-/m1/s1. The number of carbonyl (C=O) groups excluding carboxylic acids is 2. The van der Waals surface area contributed by atoms with E-state index >= 15 is 0 Å². The van der Waals surface area contributed by atoms with Crippen molar-refractivity contribution in [3.63, 3.8) is 0 Å². The Bertz CT molecular complexity index is 297. The minimum atomic E-state index is -0.987. The van der Waals surface area contributed by atoms with E-state index in [0.29, 0.717) is 5.56 Å². The second kappa shape index (κ2) is 4.25. The molecule has 4 nitrogen and oxygen atoms in total. The zero-order valence-electron chi connectivity index (χ0n) is 6.84. The first-order valence-corrected chi connectivity index (χ1v) is 3.69. The number of carbonyl (C=O) groups is 2. The Balaban J connectivity index is 2.88. The molecule has 0 bridgehead atoms. The molecule has 0 saturated heterocycles. The Labute approximate surface area is 75.3 Å².